The highest BCUT2D eigenvalue weighted by Gasteiger charge is 2.15. The van der Waals surface area contributed by atoms with Gasteiger partial charge in [0.25, 0.3) is 0 Å². The highest BCUT2D eigenvalue weighted by Crippen LogP contribution is 2.08. The summed E-state index contributed by atoms with van der Waals surface area (Å²) in [5.74, 6) is 0.178. The van der Waals surface area contributed by atoms with E-state index in [1.165, 1.54) is 6.20 Å². The predicted molar refractivity (Wildman–Crippen MR) is 69.5 cm³/mol. The molecule has 1 atom stereocenters. The molecule has 1 unspecified atom stereocenters. The Morgan fingerprint density at radius 1 is 1.71 bits per heavy atom. The van der Waals surface area contributed by atoms with Crippen LogP contribution in [0.4, 0.5) is 0 Å². The molecule has 0 spiro atoms. The average molecular weight is 257 g/mol. The zero-order chi connectivity index (χ0) is 12.8. The maximum absolute atomic E-state index is 11.0. The molecule has 1 aromatic rings. The van der Waals surface area contributed by atoms with E-state index in [-0.39, 0.29) is 5.56 Å². The van der Waals surface area contributed by atoms with Crippen molar-refractivity contribution in [2.24, 2.45) is 7.05 Å². The number of carbonyl (C=O) groups is 1. The molecule has 0 aliphatic carbocycles. The van der Waals surface area contributed by atoms with Crippen LogP contribution in [0, 0.1) is 0 Å². The van der Waals surface area contributed by atoms with E-state index in [0.29, 0.717) is 18.3 Å². The smallest absolute Gasteiger partial charge is 0.339 e. The summed E-state index contributed by atoms with van der Waals surface area (Å²) in [6.07, 6.45) is 4.55. The van der Waals surface area contributed by atoms with Gasteiger partial charge in [-0.1, -0.05) is 0 Å². The number of aromatic carboxylic acids is 1. The number of hydrogen-bond acceptors (Lipinski definition) is 4. The Bertz CT molecular complexity index is 379. The SMILES string of the molecule is CSCCC(C)NCc1c(C(=O)O)cnn1C. The van der Waals surface area contributed by atoms with Gasteiger partial charge in [-0.15, -0.1) is 0 Å². The zero-order valence-electron chi connectivity index (χ0n) is 10.4. The molecule has 0 radical (unpaired) electrons. The highest BCUT2D eigenvalue weighted by atomic mass is 32.2. The van der Waals surface area contributed by atoms with Gasteiger partial charge in [0.2, 0.25) is 0 Å². The molecule has 0 fully saturated rings. The van der Waals surface area contributed by atoms with Gasteiger partial charge in [-0.05, 0) is 25.4 Å². The van der Waals surface area contributed by atoms with E-state index in [4.69, 9.17) is 5.11 Å². The maximum Gasteiger partial charge on any atom is 0.339 e. The number of carboxylic acids is 1. The summed E-state index contributed by atoms with van der Waals surface area (Å²) < 4.78 is 1.61. The average Bonchev–Trinajstić information content (AvgIpc) is 2.65. The van der Waals surface area contributed by atoms with E-state index in [1.54, 1.807) is 11.7 Å². The molecule has 96 valence electrons. The molecule has 0 saturated heterocycles. The second-order valence-electron chi connectivity index (χ2n) is 4.00. The first-order valence-electron chi connectivity index (χ1n) is 5.52. The molecule has 0 aromatic carbocycles. The van der Waals surface area contributed by atoms with Gasteiger partial charge in [-0.3, -0.25) is 4.68 Å². The van der Waals surface area contributed by atoms with Crippen molar-refractivity contribution in [3.63, 3.8) is 0 Å². The number of nitrogens with zero attached hydrogens (tertiary/aromatic N) is 2. The molecule has 1 aromatic heterocycles. The largest absolute Gasteiger partial charge is 0.478 e. The first kappa shape index (κ1) is 14.1. The summed E-state index contributed by atoms with van der Waals surface area (Å²) in [5.41, 5.74) is 0.991. The lowest BCUT2D eigenvalue weighted by Gasteiger charge is -2.13. The van der Waals surface area contributed by atoms with Crippen LogP contribution in [-0.2, 0) is 13.6 Å². The third kappa shape index (κ3) is 4.05. The Morgan fingerprint density at radius 2 is 2.41 bits per heavy atom. The fourth-order valence-corrected chi connectivity index (χ4v) is 2.11. The number of rotatable bonds is 7. The Balaban J connectivity index is 2.56. The molecule has 0 bridgehead atoms. The van der Waals surface area contributed by atoms with Crippen LogP contribution in [0.5, 0.6) is 0 Å². The fourth-order valence-electron chi connectivity index (χ4n) is 1.52. The summed E-state index contributed by atoms with van der Waals surface area (Å²) in [7, 11) is 1.76. The topological polar surface area (TPSA) is 67.2 Å². The number of aromatic nitrogens is 2. The van der Waals surface area contributed by atoms with Gasteiger partial charge < -0.3 is 10.4 Å². The molecule has 5 nitrogen and oxygen atoms in total. The van der Waals surface area contributed by atoms with Crippen LogP contribution in [0.25, 0.3) is 0 Å². The van der Waals surface area contributed by atoms with Crippen LogP contribution >= 0.6 is 11.8 Å². The molecule has 6 heteroatoms. The van der Waals surface area contributed by atoms with Gasteiger partial charge in [0.1, 0.15) is 5.56 Å². The zero-order valence-corrected chi connectivity index (χ0v) is 11.3. The monoisotopic (exact) mass is 257 g/mol. The second-order valence-corrected chi connectivity index (χ2v) is 4.98. The third-order valence-corrected chi connectivity index (χ3v) is 3.31. The van der Waals surface area contributed by atoms with Crippen molar-refractivity contribution in [2.45, 2.75) is 25.9 Å². The van der Waals surface area contributed by atoms with Crippen molar-refractivity contribution in [1.82, 2.24) is 15.1 Å². The van der Waals surface area contributed by atoms with Crippen molar-refractivity contribution < 1.29 is 9.90 Å². The highest BCUT2D eigenvalue weighted by molar-refractivity contribution is 7.98. The summed E-state index contributed by atoms with van der Waals surface area (Å²) in [6.45, 7) is 2.64. The Morgan fingerprint density at radius 3 is 3.00 bits per heavy atom. The van der Waals surface area contributed by atoms with Crippen molar-refractivity contribution in [2.75, 3.05) is 12.0 Å². The van der Waals surface area contributed by atoms with Crippen LogP contribution in [-0.4, -0.2) is 38.9 Å². The van der Waals surface area contributed by atoms with Crippen molar-refractivity contribution >= 4 is 17.7 Å². The molecule has 1 heterocycles. The second kappa shape index (κ2) is 6.66. The lowest BCUT2D eigenvalue weighted by molar-refractivity contribution is 0.0695. The summed E-state index contributed by atoms with van der Waals surface area (Å²) in [5, 5.41) is 16.3. The lowest BCUT2D eigenvalue weighted by atomic mass is 10.2. The van der Waals surface area contributed by atoms with Gasteiger partial charge in [-0.25, -0.2) is 4.79 Å². The van der Waals surface area contributed by atoms with E-state index in [0.717, 1.165) is 12.2 Å². The van der Waals surface area contributed by atoms with Crippen LogP contribution in [0.2, 0.25) is 0 Å². The van der Waals surface area contributed by atoms with E-state index in [2.05, 4.69) is 23.6 Å². The van der Waals surface area contributed by atoms with E-state index in [1.807, 2.05) is 11.8 Å². The van der Waals surface area contributed by atoms with Crippen molar-refractivity contribution in [3.8, 4) is 0 Å². The standard InChI is InChI=1S/C11H19N3O2S/c1-8(4-5-17-3)12-7-10-9(11(15)16)6-13-14(10)2/h6,8,12H,4-5,7H2,1-3H3,(H,15,16). The molecule has 0 aliphatic rings. The third-order valence-electron chi connectivity index (χ3n) is 2.66. The quantitative estimate of drug-likeness (QED) is 0.772. The Labute approximate surface area is 106 Å². The lowest BCUT2D eigenvalue weighted by Crippen LogP contribution is -2.27. The first-order chi connectivity index (χ1) is 8.06. The van der Waals surface area contributed by atoms with E-state index in [9.17, 15) is 4.79 Å². The van der Waals surface area contributed by atoms with Gasteiger partial charge in [-0.2, -0.15) is 16.9 Å². The molecule has 0 aliphatic heterocycles. The fraction of sp³-hybridized carbons (Fsp3) is 0.636. The molecule has 0 saturated carbocycles. The minimum absolute atomic E-state index is 0.275. The van der Waals surface area contributed by atoms with Crippen molar-refractivity contribution in [3.05, 3.63) is 17.5 Å². The summed E-state index contributed by atoms with van der Waals surface area (Å²) in [4.78, 5) is 11.0. The molecular weight excluding hydrogens is 238 g/mol. The molecule has 2 N–H and O–H groups in total. The van der Waals surface area contributed by atoms with Gasteiger partial charge >= 0.3 is 5.97 Å². The van der Waals surface area contributed by atoms with Crippen LogP contribution in [0.15, 0.2) is 6.20 Å². The number of nitrogens with one attached hydrogen (secondary N) is 1. The number of hydrogen-bond donors (Lipinski definition) is 2. The summed E-state index contributed by atoms with van der Waals surface area (Å²) in [6, 6.07) is 0.374. The number of carboxylic acid groups (broad SMARTS) is 1. The van der Waals surface area contributed by atoms with Crippen LogP contribution in [0.1, 0.15) is 29.4 Å². The summed E-state index contributed by atoms with van der Waals surface area (Å²) >= 11 is 1.81. The van der Waals surface area contributed by atoms with E-state index < -0.39 is 5.97 Å². The molecule has 0 amide bonds. The molecule has 17 heavy (non-hydrogen) atoms. The van der Waals surface area contributed by atoms with Crippen molar-refractivity contribution in [1.29, 1.82) is 0 Å². The van der Waals surface area contributed by atoms with Crippen LogP contribution in [0.3, 0.4) is 0 Å². The maximum atomic E-state index is 11.0. The molecular formula is C11H19N3O2S. The van der Waals surface area contributed by atoms with Gasteiger partial charge in [0.15, 0.2) is 0 Å². The predicted octanol–water partition coefficient (Wildman–Crippen LogP) is 1.35. The van der Waals surface area contributed by atoms with Gasteiger partial charge in [0, 0.05) is 19.6 Å². The van der Waals surface area contributed by atoms with E-state index >= 15 is 0 Å². The Hall–Kier alpha value is -1.01. The minimum atomic E-state index is -0.924. The minimum Gasteiger partial charge on any atom is -0.478 e. The first-order valence-corrected chi connectivity index (χ1v) is 6.92. The number of aryl methyl sites for hydroxylation is 1. The van der Waals surface area contributed by atoms with Crippen LogP contribution < -0.4 is 5.32 Å². The molecule has 1 rings (SSSR count). The normalized spacial score (nSPS) is 12.6. The van der Waals surface area contributed by atoms with Gasteiger partial charge in [0.05, 0.1) is 11.9 Å². The Kier molecular flexibility index (Phi) is 5.50. The number of thioether (sulfide) groups is 1.